The molecule has 71 valence electrons. The van der Waals surface area contributed by atoms with Gasteiger partial charge in [-0.25, -0.2) is 0 Å². The van der Waals surface area contributed by atoms with Gasteiger partial charge in [0.25, 0.3) is 0 Å². The molecule has 2 heteroatoms. The summed E-state index contributed by atoms with van der Waals surface area (Å²) in [5.41, 5.74) is 2.78. The number of fused-ring (bicyclic) bond motifs is 1. The standard InChI is InChI=1S/C13H8NO/c1-2-7-14-12(3-1)10-4-5-13-11(9-10)6-8-15-13/h1-8H. The van der Waals surface area contributed by atoms with Crippen molar-refractivity contribution < 1.29 is 4.42 Å². The van der Waals surface area contributed by atoms with Crippen molar-refractivity contribution in [3.05, 3.63) is 54.9 Å². The zero-order valence-electron chi connectivity index (χ0n) is 7.97. The van der Waals surface area contributed by atoms with Crippen LogP contribution in [-0.4, -0.2) is 4.98 Å². The fourth-order valence-electron chi connectivity index (χ4n) is 1.57. The summed E-state index contributed by atoms with van der Waals surface area (Å²) in [5.74, 6) is 0. The molecule has 2 heterocycles. The number of rotatable bonds is 1. The van der Waals surface area contributed by atoms with Gasteiger partial charge in [0, 0.05) is 23.2 Å². The Morgan fingerprint density at radius 2 is 2.07 bits per heavy atom. The number of pyridine rings is 1. The molecule has 0 bridgehead atoms. The van der Waals surface area contributed by atoms with Gasteiger partial charge in [0.05, 0.1) is 12.0 Å². The summed E-state index contributed by atoms with van der Waals surface area (Å²) in [6.45, 7) is 0. The molecule has 2 nitrogen and oxygen atoms in total. The monoisotopic (exact) mass is 194 g/mol. The lowest BCUT2D eigenvalue weighted by Gasteiger charge is -1.98. The van der Waals surface area contributed by atoms with Gasteiger partial charge in [-0.3, -0.25) is 4.98 Å². The quantitative estimate of drug-likeness (QED) is 0.594. The average molecular weight is 194 g/mol. The number of nitrogens with zero attached hydrogens (tertiary/aromatic N) is 1. The van der Waals surface area contributed by atoms with Crippen molar-refractivity contribution in [3.63, 3.8) is 0 Å². The fourth-order valence-corrected chi connectivity index (χ4v) is 1.57. The van der Waals surface area contributed by atoms with Gasteiger partial charge >= 0.3 is 0 Å². The highest BCUT2D eigenvalue weighted by Gasteiger charge is 2.01. The zero-order chi connectivity index (χ0) is 10.1. The van der Waals surface area contributed by atoms with Crippen LogP contribution in [0.3, 0.4) is 0 Å². The topological polar surface area (TPSA) is 26.0 Å². The van der Waals surface area contributed by atoms with Crippen molar-refractivity contribution in [1.29, 1.82) is 0 Å². The smallest absolute Gasteiger partial charge is 0.134 e. The molecule has 3 aromatic rings. The van der Waals surface area contributed by atoms with Crippen LogP contribution in [0.2, 0.25) is 0 Å². The van der Waals surface area contributed by atoms with Crippen LogP contribution >= 0.6 is 0 Å². The van der Waals surface area contributed by atoms with E-state index >= 15 is 0 Å². The molecular weight excluding hydrogens is 186 g/mol. The minimum absolute atomic E-state index is 0.856. The lowest BCUT2D eigenvalue weighted by atomic mass is 10.1. The Kier molecular flexibility index (Phi) is 1.78. The molecule has 0 saturated heterocycles. The van der Waals surface area contributed by atoms with Crippen LogP contribution in [0, 0.1) is 6.07 Å². The SMILES string of the molecule is [c]1c(-c2ccccn2)ccc2occc12. The predicted octanol–water partition coefficient (Wildman–Crippen LogP) is 3.29. The van der Waals surface area contributed by atoms with E-state index in [1.807, 2.05) is 36.4 Å². The lowest BCUT2D eigenvalue weighted by molar-refractivity contribution is 0.616. The van der Waals surface area contributed by atoms with Crippen LogP contribution in [0.15, 0.2) is 53.3 Å². The van der Waals surface area contributed by atoms with Crippen LogP contribution in [-0.2, 0) is 0 Å². The normalized spacial score (nSPS) is 10.7. The molecular formula is C13H8NO. The van der Waals surface area contributed by atoms with Gasteiger partial charge < -0.3 is 4.42 Å². The molecule has 2 aromatic heterocycles. The molecule has 0 atom stereocenters. The third-order valence-corrected chi connectivity index (χ3v) is 2.31. The maximum atomic E-state index is 5.26. The minimum Gasteiger partial charge on any atom is -0.464 e. The van der Waals surface area contributed by atoms with Crippen molar-refractivity contribution in [3.8, 4) is 11.3 Å². The lowest BCUT2D eigenvalue weighted by Crippen LogP contribution is -1.81. The van der Waals surface area contributed by atoms with Gasteiger partial charge in [0.15, 0.2) is 0 Å². The summed E-state index contributed by atoms with van der Waals surface area (Å²) in [7, 11) is 0. The van der Waals surface area contributed by atoms with Crippen molar-refractivity contribution in [2.45, 2.75) is 0 Å². The zero-order valence-corrected chi connectivity index (χ0v) is 7.97. The van der Waals surface area contributed by atoms with Crippen LogP contribution in [0.4, 0.5) is 0 Å². The number of hydrogen-bond acceptors (Lipinski definition) is 2. The third kappa shape index (κ3) is 1.40. The Bertz CT molecular complexity index is 584. The Morgan fingerprint density at radius 1 is 1.07 bits per heavy atom. The second-order valence-electron chi connectivity index (χ2n) is 3.29. The van der Waals surface area contributed by atoms with Crippen LogP contribution < -0.4 is 0 Å². The molecule has 1 aromatic carbocycles. The van der Waals surface area contributed by atoms with Gasteiger partial charge in [0.2, 0.25) is 0 Å². The molecule has 15 heavy (non-hydrogen) atoms. The van der Waals surface area contributed by atoms with E-state index in [-0.39, 0.29) is 0 Å². The minimum atomic E-state index is 0.856. The fraction of sp³-hybridized carbons (Fsp3) is 0. The Labute approximate surface area is 87.2 Å². The first-order valence-corrected chi connectivity index (χ1v) is 4.74. The first-order valence-electron chi connectivity index (χ1n) is 4.74. The molecule has 0 aliphatic carbocycles. The molecule has 0 aliphatic rings. The van der Waals surface area contributed by atoms with E-state index < -0.39 is 0 Å². The Balaban J connectivity index is 2.19. The largest absolute Gasteiger partial charge is 0.464 e. The van der Waals surface area contributed by atoms with Crippen LogP contribution in [0.5, 0.6) is 0 Å². The van der Waals surface area contributed by atoms with Crippen molar-refractivity contribution >= 4 is 11.0 Å². The molecule has 0 spiro atoms. The number of aromatic nitrogens is 1. The first-order chi connectivity index (χ1) is 7.43. The molecule has 0 fully saturated rings. The maximum absolute atomic E-state index is 5.26. The molecule has 1 radical (unpaired) electrons. The van der Waals surface area contributed by atoms with E-state index in [1.165, 1.54) is 0 Å². The summed E-state index contributed by atoms with van der Waals surface area (Å²) in [4.78, 5) is 4.28. The van der Waals surface area contributed by atoms with Crippen molar-refractivity contribution in [2.24, 2.45) is 0 Å². The summed E-state index contributed by atoms with van der Waals surface area (Å²) in [6, 6.07) is 14.9. The maximum Gasteiger partial charge on any atom is 0.134 e. The summed E-state index contributed by atoms with van der Waals surface area (Å²) >= 11 is 0. The summed E-state index contributed by atoms with van der Waals surface area (Å²) in [6.07, 6.45) is 3.45. The van der Waals surface area contributed by atoms with Crippen LogP contribution in [0.1, 0.15) is 0 Å². The average Bonchev–Trinajstić information content (AvgIpc) is 2.77. The van der Waals surface area contributed by atoms with Crippen LogP contribution in [0.25, 0.3) is 22.2 Å². The van der Waals surface area contributed by atoms with E-state index in [9.17, 15) is 0 Å². The first kappa shape index (κ1) is 8.24. The van der Waals surface area contributed by atoms with Crippen molar-refractivity contribution in [2.75, 3.05) is 0 Å². The van der Waals surface area contributed by atoms with Gasteiger partial charge in [-0.2, -0.15) is 0 Å². The van der Waals surface area contributed by atoms with Gasteiger partial charge in [-0.15, -0.1) is 0 Å². The highest BCUT2D eigenvalue weighted by atomic mass is 16.3. The van der Waals surface area contributed by atoms with Gasteiger partial charge in [-0.05, 0) is 30.3 Å². The highest BCUT2D eigenvalue weighted by molar-refractivity contribution is 5.81. The highest BCUT2D eigenvalue weighted by Crippen LogP contribution is 2.22. The predicted molar refractivity (Wildman–Crippen MR) is 58.3 cm³/mol. The van der Waals surface area contributed by atoms with Gasteiger partial charge in [0.1, 0.15) is 5.58 Å². The molecule has 3 rings (SSSR count). The van der Waals surface area contributed by atoms with Crippen molar-refractivity contribution in [1.82, 2.24) is 4.98 Å². The molecule has 0 amide bonds. The molecule has 0 saturated carbocycles. The molecule has 0 aliphatic heterocycles. The molecule has 0 unspecified atom stereocenters. The Hall–Kier alpha value is -2.09. The second kappa shape index (κ2) is 3.24. The summed E-state index contributed by atoms with van der Waals surface area (Å²) < 4.78 is 5.26. The second-order valence-corrected chi connectivity index (χ2v) is 3.29. The van der Waals surface area contributed by atoms with E-state index in [0.717, 1.165) is 22.2 Å². The summed E-state index contributed by atoms with van der Waals surface area (Å²) in [5, 5.41) is 0.984. The molecule has 0 N–H and O–H groups in total. The number of benzene rings is 1. The van der Waals surface area contributed by atoms with E-state index in [2.05, 4.69) is 11.1 Å². The number of hydrogen-bond donors (Lipinski definition) is 0. The third-order valence-electron chi connectivity index (χ3n) is 2.31. The van der Waals surface area contributed by atoms with E-state index in [0.29, 0.717) is 0 Å². The van der Waals surface area contributed by atoms with E-state index in [4.69, 9.17) is 4.42 Å². The van der Waals surface area contributed by atoms with E-state index in [1.54, 1.807) is 12.5 Å². The number of furan rings is 1. The Morgan fingerprint density at radius 3 is 2.93 bits per heavy atom. The van der Waals surface area contributed by atoms with Gasteiger partial charge in [-0.1, -0.05) is 6.07 Å².